The van der Waals surface area contributed by atoms with Gasteiger partial charge in [0.15, 0.2) is 0 Å². The lowest BCUT2D eigenvalue weighted by atomic mass is 9.97. The Labute approximate surface area is 87.9 Å². The minimum atomic E-state index is 0.0916. The number of nitrogens with zero attached hydrogens (tertiary/aromatic N) is 1. The summed E-state index contributed by atoms with van der Waals surface area (Å²) in [6.07, 6.45) is 2.44. The van der Waals surface area contributed by atoms with Gasteiger partial charge in [0.25, 0.3) is 0 Å². The van der Waals surface area contributed by atoms with Gasteiger partial charge in [-0.3, -0.25) is 4.79 Å². The van der Waals surface area contributed by atoms with E-state index in [1.807, 2.05) is 13.8 Å². The number of likely N-dealkylation sites (tertiary alicyclic amines) is 1. The van der Waals surface area contributed by atoms with Gasteiger partial charge in [0.05, 0.1) is 0 Å². The van der Waals surface area contributed by atoms with Crippen LogP contribution in [0.4, 0.5) is 0 Å². The molecule has 1 rings (SSSR count). The van der Waals surface area contributed by atoms with Gasteiger partial charge in [-0.2, -0.15) is 0 Å². The number of hydrogen-bond acceptors (Lipinski definition) is 2. The highest BCUT2D eigenvalue weighted by Gasteiger charge is 2.16. The Balaban J connectivity index is 0.000000791. The lowest BCUT2D eigenvalue weighted by Gasteiger charge is -2.28. The third-order valence-corrected chi connectivity index (χ3v) is 2.48. The van der Waals surface area contributed by atoms with Crippen LogP contribution in [-0.2, 0) is 4.79 Å². The van der Waals surface area contributed by atoms with Crippen LogP contribution in [0.15, 0.2) is 0 Å². The normalized spacial score (nSPS) is 18.3. The minimum Gasteiger partial charge on any atom is -0.356 e. The van der Waals surface area contributed by atoms with Crippen LogP contribution in [0.2, 0.25) is 0 Å². The monoisotopic (exact) mass is 200 g/mol. The van der Waals surface area contributed by atoms with E-state index in [1.165, 1.54) is 25.9 Å². The van der Waals surface area contributed by atoms with Crippen molar-refractivity contribution in [1.82, 2.24) is 10.2 Å². The SMILES string of the molecule is CC.CC(=O)NCC1CCN(C)CC1. The molecule has 1 aliphatic rings. The van der Waals surface area contributed by atoms with E-state index in [0.29, 0.717) is 5.92 Å². The minimum absolute atomic E-state index is 0.0916. The van der Waals surface area contributed by atoms with Gasteiger partial charge in [-0.25, -0.2) is 0 Å². The molecule has 1 saturated heterocycles. The fraction of sp³-hybridized carbons (Fsp3) is 0.909. The number of amides is 1. The molecule has 3 nitrogen and oxygen atoms in total. The van der Waals surface area contributed by atoms with Crippen LogP contribution in [-0.4, -0.2) is 37.5 Å². The molecule has 84 valence electrons. The highest BCUT2D eigenvalue weighted by atomic mass is 16.1. The predicted molar refractivity (Wildman–Crippen MR) is 60.3 cm³/mol. The molecule has 0 aromatic heterocycles. The number of piperidine rings is 1. The van der Waals surface area contributed by atoms with Gasteiger partial charge in [-0.05, 0) is 38.9 Å². The van der Waals surface area contributed by atoms with Crippen LogP contribution in [0.5, 0.6) is 0 Å². The van der Waals surface area contributed by atoms with Crippen LogP contribution >= 0.6 is 0 Å². The first-order valence-corrected chi connectivity index (χ1v) is 5.61. The van der Waals surface area contributed by atoms with E-state index in [9.17, 15) is 4.79 Å². The maximum atomic E-state index is 10.6. The zero-order chi connectivity index (χ0) is 11.0. The molecular formula is C11H24N2O. The van der Waals surface area contributed by atoms with Crippen LogP contribution in [0.25, 0.3) is 0 Å². The topological polar surface area (TPSA) is 32.3 Å². The molecule has 0 aliphatic carbocycles. The fourth-order valence-electron chi connectivity index (χ4n) is 1.55. The molecule has 0 aromatic rings. The number of carbonyl (C=O) groups is 1. The highest BCUT2D eigenvalue weighted by Crippen LogP contribution is 2.14. The first-order valence-electron chi connectivity index (χ1n) is 5.61. The predicted octanol–water partition coefficient (Wildman–Crippen LogP) is 1.49. The van der Waals surface area contributed by atoms with E-state index < -0.39 is 0 Å². The standard InChI is InChI=1S/C9H18N2O.C2H6/c1-8(12)10-7-9-3-5-11(2)6-4-9;1-2/h9H,3-7H2,1-2H3,(H,10,12);1-2H3. The summed E-state index contributed by atoms with van der Waals surface area (Å²) in [6.45, 7) is 8.78. The summed E-state index contributed by atoms with van der Waals surface area (Å²) >= 11 is 0. The van der Waals surface area contributed by atoms with Crippen molar-refractivity contribution in [3.63, 3.8) is 0 Å². The molecule has 0 bridgehead atoms. The Hall–Kier alpha value is -0.570. The van der Waals surface area contributed by atoms with Gasteiger partial charge in [-0.15, -0.1) is 0 Å². The molecule has 1 amide bonds. The quantitative estimate of drug-likeness (QED) is 0.732. The Morgan fingerprint density at radius 1 is 1.36 bits per heavy atom. The molecular weight excluding hydrogens is 176 g/mol. The first kappa shape index (κ1) is 13.4. The molecule has 0 saturated carbocycles. The van der Waals surface area contributed by atoms with Crippen molar-refractivity contribution in [3.8, 4) is 0 Å². The maximum Gasteiger partial charge on any atom is 0.216 e. The van der Waals surface area contributed by atoms with E-state index in [1.54, 1.807) is 6.92 Å². The zero-order valence-corrected chi connectivity index (χ0v) is 9.97. The van der Waals surface area contributed by atoms with Crippen molar-refractivity contribution in [2.24, 2.45) is 5.92 Å². The van der Waals surface area contributed by atoms with Gasteiger partial charge in [0, 0.05) is 13.5 Å². The van der Waals surface area contributed by atoms with E-state index in [-0.39, 0.29) is 5.91 Å². The maximum absolute atomic E-state index is 10.6. The number of rotatable bonds is 2. The van der Waals surface area contributed by atoms with Crippen LogP contribution < -0.4 is 5.32 Å². The van der Waals surface area contributed by atoms with Gasteiger partial charge >= 0.3 is 0 Å². The number of hydrogen-bond donors (Lipinski definition) is 1. The fourth-order valence-corrected chi connectivity index (χ4v) is 1.55. The van der Waals surface area contributed by atoms with Crippen molar-refractivity contribution >= 4 is 5.91 Å². The van der Waals surface area contributed by atoms with Crippen molar-refractivity contribution in [2.75, 3.05) is 26.7 Å². The van der Waals surface area contributed by atoms with Crippen LogP contribution in [0.3, 0.4) is 0 Å². The molecule has 1 N–H and O–H groups in total. The van der Waals surface area contributed by atoms with Gasteiger partial charge in [-0.1, -0.05) is 13.8 Å². The summed E-state index contributed by atoms with van der Waals surface area (Å²) in [4.78, 5) is 13.0. The third kappa shape index (κ3) is 5.97. The van der Waals surface area contributed by atoms with Crippen molar-refractivity contribution < 1.29 is 4.79 Å². The van der Waals surface area contributed by atoms with Crippen LogP contribution in [0, 0.1) is 5.92 Å². The Bertz CT molecular complexity index is 151. The first-order chi connectivity index (χ1) is 6.68. The Morgan fingerprint density at radius 3 is 2.29 bits per heavy atom. The van der Waals surface area contributed by atoms with Crippen molar-refractivity contribution in [3.05, 3.63) is 0 Å². The van der Waals surface area contributed by atoms with Gasteiger partial charge in [0.1, 0.15) is 0 Å². The summed E-state index contributed by atoms with van der Waals surface area (Å²) in [7, 11) is 2.15. The summed E-state index contributed by atoms with van der Waals surface area (Å²) in [5, 5.41) is 2.87. The van der Waals surface area contributed by atoms with Crippen molar-refractivity contribution in [2.45, 2.75) is 33.6 Å². The second kappa shape index (κ2) is 7.80. The van der Waals surface area contributed by atoms with E-state index in [2.05, 4.69) is 17.3 Å². The molecule has 0 aromatic carbocycles. The molecule has 1 aliphatic heterocycles. The summed E-state index contributed by atoms with van der Waals surface area (Å²) in [5.41, 5.74) is 0. The molecule has 3 heteroatoms. The summed E-state index contributed by atoms with van der Waals surface area (Å²) < 4.78 is 0. The Morgan fingerprint density at radius 2 is 1.86 bits per heavy atom. The summed E-state index contributed by atoms with van der Waals surface area (Å²) in [5.74, 6) is 0.791. The number of nitrogens with one attached hydrogen (secondary N) is 1. The van der Waals surface area contributed by atoms with Gasteiger partial charge in [0.2, 0.25) is 5.91 Å². The highest BCUT2D eigenvalue weighted by molar-refractivity contribution is 5.72. The number of carbonyl (C=O) groups excluding carboxylic acids is 1. The lowest BCUT2D eigenvalue weighted by Crippen LogP contribution is -2.36. The van der Waals surface area contributed by atoms with E-state index in [4.69, 9.17) is 0 Å². The average molecular weight is 200 g/mol. The molecule has 0 radical (unpaired) electrons. The largest absolute Gasteiger partial charge is 0.356 e. The second-order valence-corrected chi connectivity index (χ2v) is 3.68. The molecule has 14 heavy (non-hydrogen) atoms. The second-order valence-electron chi connectivity index (χ2n) is 3.68. The molecule has 0 atom stereocenters. The lowest BCUT2D eigenvalue weighted by molar-refractivity contribution is -0.119. The van der Waals surface area contributed by atoms with E-state index in [0.717, 1.165) is 6.54 Å². The summed E-state index contributed by atoms with van der Waals surface area (Å²) in [6, 6.07) is 0. The molecule has 0 unspecified atom stereocenters. The zero-order valence-electron chi connectivity index (χ0n) is 9.97. The third-order valence-electron chi connectivity index (χ3n) is 2.48. The van der Waals surface area contributed by atoms with E-state index >= 15 is 0 Å². The van der Waals surface area contributed by atoms with Crippen molar-refractivity contribution in [1.29, 1.82) is 0 Å². The average Bonchev–Trinajstić information content (AvgIpc) is 2.20. The molecule has 1 heterocycles. The smallest absolute Gasteiger partial charge is 0.216 e. The van der Waals surface area contributed by atoms with Gasteiger partial charge < -0.3 is 10.2 Å². The molecule has 0 spiro atoms. The van der Waals surface area contributed by atoms with Crippen LogP contribution in [0.1, 0.15) is 33.6 Å². The Kier molecular flexibility index (Phi) is 7.48. The molecule has 1 fully saturated rings.